The monoisotopic (exact) mass is 373 g/mol. The fourth-order valence-electron chi connectivity index (χ4n) is 2.49. The molecule has 0 aliphatic rings. The molecule has 2 rings (SSSR count). The summed E-state index contributed by atoms with van der Waals surface area (Å²) in [6.07, 6.45) is 1.50. The number of nitrogens with one attached hydrogen (secondary N) is 4. The Labute approximate surface area is 157 Å². The molecule has 144 valence electrons. The van der Waals surface area contributed by atoms with E-state index in [1.54, 1.807) is 19.2 Å². The maximum Gasteiger partial charge on any atom is 0.321 e. The Bertz CT molecular complexity index is 802. The van der Waals surface area contributed by atoms with E-state index in [1.807, 2.05) is 32.0 Å². The molecule has 4 N–H and O–H groups in total. The van der Waals surface area contributed by atoms with Crippen LogP contribution in [0.4, 0.5) is 10.5 Å². The highest BCUT2D eigenvalue weighted by Gasteiger charge is 2.17. The van der Waals surface area contributed by atoms with Crippen molar-refractivity contribution in [1.82, 2.24) is 10.6 Å². The van der Waals surface area contributed by atoms with Crippen LogP contribution in [-0.2, 0) is 16.1 Å². The molecule has 1 aromatic carbocycles. The molecular weight excluding hydrogens is 348 g/mol. The van der Waals surface area contributed by atoms with Gasteiger partial charge in [-0.2, -0.15) is 0 Å². The normalized spacial score (nSPS) is 11.5. The highest BCUT2D eigenvalue weighted by atomic mass is 16.3. The number of rotatable bonds is 7. The van der Waals surface area contributed by atoms with Gasteiger partial charge in [0, 0.05) is 5.69 Å². The van der Waals surface area contributed by atoms with Crippen LogP contribution in [0.2, 0.25) is 0 Å². The highest BCUT2D eigenvalue weighted by Crippen LogP contribution is 2.17. The number of carbonyl (C=O) groups excluding carboxylic acids is 3. The van der Waals surface area contributed by atoms with E-state index in [4.69, 9.17) is 4.42 Å². The maximum absolute atomic E-state index is 12.2. The van der Waals surface area contributed by atoms with Crippen LogP contribution in [-0.4, -0.2) is 38.0 Å². The number of carbonyl (C=O) groups is 3. The van der Waals surface area contributed by atoms with E-state index in [-0.39, 0.29) is 25.5 Å². The molecule has 0 aliphatic carbocycles. The summed E-state index contributed by atoms with van der Waals surface area (Å²) in [4.78, 5) is 36.4. The van der Waals surface area contributed by atoms with Gasteiger partial charge in [-0.25, -0.2) is 4.79 Å². The third-order valence-corrected chi connectivity index (χ3v) is 4.06. The maximum atomic E-state index is 12.2. The Morgan fingerprint density at radius 3 is 2.48 bits per heavy atom. The lowest BCUT2D eigenvalue weighted by Crippen LogP contribution is -3.11. The summed E-state index contributed by atoms with van der Waals surface area (Å²) in [5, 5.41) is 7.60. The van der Waals surface area contributed by atoms with Crippen molar-refractivity contribution in [1.29, 1.82) is 0 Å². The summed E-state index contributed by atoms with van der Waals surface area (Å²) in [6.45, 7) is 4.20. The van der Waals surface area contributed by atoms with Gasteiger partial charge in [-0.1, -0.05) is 12.1 Å². The number of aryl methyl sites for hydroxylation is 1. The molecular formula is C19H25N4O4+. The lowest BCUT2D eigenvalue weighted by atomic mass is 10.1. The number of furan rings is 1. The van der Waals surface area contributed by atoms with Crippen LogP contribution in [0, 0.1) is 13.8 Å². The predicted molar refractivity (Wildman–Crippen MR) is 100 cm³/mol. The van der Waals surface area contributed by atoms with Gasteiger partial charge in [0.15, 0.2) is 13.1 Å². The molecule has 8 nitrogen and oxygen atoms in total. The second kappa shape index (κ2) is 9.54. The Hall–Kier alpha value is -3.13. The Kier molecular flexibility index (Phi) is 7.13. The summed E-state index contributed by atoms with van der Waals surface area (Å²) in [5.74, 6) is -0.0799. The smallest absolute Gasteiger partial charge is 0.321 e. The topological polar surface area (TPSA) is 105 Å². The fraction of sp³-hybridized carbons (Fsp3) is 0.316. The van der Waals surface area contributed by atoms with Crippen LogP contribution in [0.5, 0.6) is 0 Å². The zero-order chi connectivity index (χ0) is 19.8. The molecule has 0 aliphatic heterocycles. The lowest BCUT2D eigenvalue weighted by molar-refractivity contribution is -0.862. The first-order chi connectivity index (χ1) is 12.8. The van der Waals surface area contributed by atoms with E-state index >= 15 is 0 Å². The van der Waals surface area contributed by atoms with Gasteiger partial charge in [-0.15, -0.1) is 0 Å². The van der Waals surface area contributed by atoms with Crippen LogP contribution in [0.3, 0.4) is 0 Å². The van der Waals surface area contributed by atoms with E-state index in [0.29, 0.717) is 10.7 Å². The summed E-state index contributed by atoms with van der Waals surface area (Å²) in [7, 11) is 1.71. The van der Waals surface area contributed by atoms with E-state index in [0.717, 1.165) is 16.8 Å². The molecule has 1 atom stereocenters. The predicted octanol–water partition coefficient (Wildman–Crippen LogP) is 0.376. The number of likely N-dealkylation sites (N-methyl/N-ethyl adjacent to an activating group) is 1. The van der Waals surface area contributed by atoms with Gasteiger partial charge in [0.05, 0.1) is 19.9 Å². The minimum atomic E-state index is -0.607. The Morgan fingerprint density at radius 1 is 1.04 bits per heavy atom. The van der Waals surface area contributed by atoms with E-state index < -0.39 is 11.9 Å². The largest absolute Gasteiger partial charge is 0.467 e. The van der Waals surface area contributed by atoms with Gasteiger partial charge in [0.25, 0.3) is 11.8 Å². The van der Waals surface area contributed by atoms with Gasteiger partial charge in [0.1, 0.15) is 5.76 Å². The zero-order valence-electron chi connectivity index (χ0n) is 15.7. The molecule has 1 aromatic heterocycles. The zero-order valence-corrected chi connectivity index (χ0v) is 15.7. The van der Waals surface area contributed by atoms with Crippen molar-refractivity contribution in [3.63, 3.8) is 0 Å². The molecule has 0 radical (unpaired) electrons. The number of urea groups is 1. The van der Waals surface area contributed by atoms with Crippen LogP contribution in [0.25, 0.3) is 0 Å². The minimum absolute atomic E-state index is 0.00556. The van der Waals surface area contributed by atoms with Gasteiger partial charge in [-0.05, 0) is 43.2 Å². The summed E-state index contributed by atoms with van der Waals surface area (Å²) >= 11 is 0. The molecule has 27 heavy (non-hydrogen) atoms. The Morgan fingerprint density at radius 2 is 1.78 bits per heavy atom. The molecule has 1 unspecified atom stereocenters. The SMILES string of the molecule is Cc1cccc(NC(=O)C[NH+](C)CC(=O)NC(=O)NCc2ccco2)c1C. The van der Waals surface area contributed by atoms with Crippen LogP contribution >= 0.6 is 0 Å². The average Bonchev–Trinajstić information content (AvgIpc) is 3.10. The number of amides is 4. The number of benzene rings is 1. The van der Waals surface area contributed by atoms with Crippen LogP contribution in [0.1, 0.15) is 16.9 Å². The molecule has 0 bridgehead atoms. The van der Waals surface area contributed by atoms with Gasteiger partial charge in [-0.3, -0.25) is 14.9 Å². The second-order valence-corrected chi connectivity index (χ2v) is 6.42. The van der Waals surface area contributed by atoms with E-state index in [1.165, 1.54) is 6.26 Å². The third-order valence-electron chi connectivity index (χ3n) is 4.06. The number of anilines is 1. The molecule has 0 saturated heterocycles. The molecule has 8 heteroatoms. The Balaban J connectivity index is 1.72. The lowest BCUT2D eigenvalue weighted by Gasteiger charge is -2.15. The highest BCUT2D eigenvalue weighted by molar-refractivity contribution is 5.95. The summed E-state index contributed by atoms with van der Waals surface area (Å²) in [5.41, 5.74) is 2.86. The van der Waals surface area contributed by atoms with Crippen LogP contribution in [0.15, 0.2) is 41.0 Å². The van der Waals surface area contributed by atoms with Crippen molar-refractivity contribution in [2.45, 2.75) is 20.4 Å². The second-order valence-electron chi connectivity index (χ2n) is 6.42. The van der Waals surface area contributed by atoms with Crippen molar-refractivity contribution in [3.8, 4) is 0 Å². The van der Waals surface area contributed by atoms with E-state index in [2.05, 4.69) is 16.0 Å². The van der Waals surface area contributed by atoms with Crippen molar-refractivity contribution in [3.05, 3.63) is 53.5 Å². The molecule has 4 amide bonds. The van der Waals surface area contributed by atoms with Gasteiger partial charge in [0.2, 0.25) is 0 Å². The minimum Gasteiger partial charge on any atom is -0.467 e. The fourth-order valence-corrected chi connectivity index (χ4v) is 2.49. The first-order valence-electron chi connectivity index (χ1n) is 8.62. The summed E-state index contributed by atoms with van der Waals surface area (Å²) < 4.78 is 5.09. The molecule has 0 fully saturated rings. The van der Waals surface area contributed by atoms with Crippen molar-refractivity contribution in [2.75, 3.05) is 25.5 Å². The average molecular weight is 373 g/mol. The third kappa shape index (κ3) is 6.59. The molecule has 2 aromatic rings. The molecule has 0 spiro atoms. The van der Waals surface area contributed by atoms with Gasteiger partial charge < -0.3 is 20.0 Å². The molecule has 0 saturated carbocycles. The number of hydrogen-bond acceptors (Lipinski definition) is 4. The molecule has 1 heterocycles. The first-order valence-corrected chi connectivity index (χ1v) is 8.62. The number of hydrogen-bond donors (Lipinski definition) is 4. The summed E-state index contributed by atoms with van der Waals surface area (Å²) in [6, 6.07) is 8.51. The number of quaternary nitrogens is 1. The van der Waals surface area contributed by atoms with Crippen LogP contribution < -0.4 is 20.9 Å². The van der Waals surface area contributed by atoms with Gasteiger partial charge >= 0.3 is 6.03 Å². The van der Waals surface area contributed by atoms with Crippen molar-refractivity contribution >= 4 is 23.5 Å². The van der Waals surface area contributed by atoms with Crippen molar-refractivity contribution < 1.29 is 23.7 Å². The van der Waals surface area contributed by atoms with E-state index in [9.17, 15) is 14.4 Å². The number of imide groups is 1. The first kappa shape index (κ1) is 20.2. The standard InChI is InChI=1S/C19H24N4O4/c1-13-6-4-8-16(14(13)2)21-17(24)11-23(3)12-18(25)22-19(26)20-10-15-7-5-9-27-15/h4-9H,10-12H2,1-3H3,(H,21,24)(H2,20,22,25,26)/p+1. The quantitative estimate of drug-likeness (QED) is 0.563. The van der Waals surface area contributed by atoms with Crippen molar-refractivity contribution in [2.24, 2.45) is 0 Å².